The number of carbonyl (C=O) groups excluding carboxylic acids is 1. The van der Waals surface area contributed by atoms with Gasteiger partial charge in [0.2, 0.25) is 5.91 Å². The van der Waals surface area contributed by atoms with Crippen LogP contribution in [-0.4, -0.2) is 58.1 Å². The summed E-state index contributed by atoms with van der Waals surface area (Å²) in [6, 6.07) is 0.326. The average molecular weight is 284 g/mol. The Hall–Kier alpha value is -0.610. The van der Waals surface area contributed by atoms with E-state index in [0.29, 0.717) is 12.5 Å². The van der Waals surface area contributed by atoms with Gasteiger partial charge in [0.1, 0.15) is 0 Å². The van der Waals surface area contributed by atoms with E-state index in [1.54, 1.807) is 0 Å². The van der Waals surface area contributed by atoms with Gasteiger partial charge in [0.15, 0.2) is 0 Å². The molecular weight excluding hydrogens is 252 g/mol. The number of carbonyl (C=O) groups is 1. The summed E-state index contributed by atoms with van der Waals surface area (Å²) in [5.41, 5.74) is -0.739. The van der Waals surface area contributed by atoms with Crippen LogP contribution in [-0.2, 0) is 4.79 Å². The van der Waals surface area contributed by atoms with Gasteiger partial charge in [-0.2, -0.15) is 0 Å². The number of likely N-dealkylation sites (tertiary alicyclic amines) is 1. The van der Waals surface area contributed by atoms with Crippen LogP contribution in [0.25, 0.3) is 0 Å². The van der Waals surface area contributed by atoms with Crippen molar-refractivity contribution >= 4 is 5.91 Å². The van der Waals surface area contributed by atoms with E-state index in [1.165, 1.54) is 0 Å². The van der Waals surface area contributed by atoms with Gasteiger partial charge < -0.3 is 10.0 Å². The van der Waals surface area contributed by atoms with Crippen molar-refractivity contribution in [3.8, 4) is 0 Å². The molecule has 1 fully saturated rings. The van der Waals surface area contributed by atoms with Crippen molar-refractivity contribution in [1.82, 2.24) is 9.80 Å². The molecule has 1 heterocycles. The predicted octanol–water partition coefficient (Wildman–Crippen LogP) is 2.11. The third-order valence-corrected chi connectivity index (χ3v) is 4.02. The minimum atomic E-state index is -0.739. The molecule has 1 unspecified atom stereocenters. The highest BCUT2D eigenvalue weighted by Gasteiger charge is 2.37. The lowest BCUT2D eigenvalue weighted by Crippen LogP contribution is -2.51. The first kappa shape index (κ1) is 17.4. The summed E-state index contributed by atoms with van der Waals surface area (Å²) in [5, 5.41) is 10.2. The lowest BCUT2D eigenvalue weighted by Gasteiger charge is -2.36. The lowest BCUT2D eigenvalue weighted by molar-refractivity contribution is -0.136. The molecule has 20 heavy (non-hydrogen) atoms. The topological polar surface area (TPSA) is 43.8 Å². The van der Waals surface area contributed by atoms with E-state index in [9.17, 15) is 9.90 Å². The van der Waals surface area contributed by atoms with Crippen LogP contribution in [0.3, 0.4) is 0 Å². The van der Waals surface area contributed by atoms with Crippen LogP contribution in [0.5, 0.6) is 0 Å². The maximum absolute atomic E-state index is 12.6. The average Bonchev–Trinajstić information content (AvgIpc) is 2.72. The molecule has 118 valence electrons. The van der Waals surface area contributed by atoms with Crippen LogP contribution in [0.2, 0.25) is 0 Å². The number of hydrogen-bond acceptors (Lipinski definition) is 3. The Balaban J connectivity index is 2.68. The Morgan fingerprint density at radius 3 is 2.40 bits per heavy atom. The summed E-state index contributed by atoms with van der Waals surface area (Å²) in [6.07, 6.45) is 2.04. The molecule has 0 radical (unpaired) electrons. The Morgan fingerprint density at radius 2 is 1.95 bits per heavy atom. The number of rotatable bonds is 6. The Kier molecular flexibility index (Phi) is 6.02. The third-order valence-electron chi connectivity index (χ3n) is 4.02. The number of aliphatic hydroxyl groups is 1. The number of amides is 1. The lowest BCUT2D eigenvalue weighted by atomic mass is 9.96. The maximum Gasteiger partial charge on any atom is 0.236 e. The van der Waals surface area contributed by atoms with Crippen molar-refractivity contribution in [2.75, 3.05) is 19.6 Å². The second-order valence-electron chi connectivity index (χ2n) is 7.32. The van der Waals surface area contributed by atoms with E-state index >= 15 is 0 Å². The van der Waals surface area contributed by atoms with E-state index in [2.05, 4.69) is 32.6 Å². The van der Waals surface area contributed by atoms with Gasteiger partial charge >= 0.3 is 0 Å². The molecule has 0 saturated carbocycles. The molecule has 0 spiro atoms. The highest BCUT2D eigenvalue weighted by atomic mass is 16.3. The summed E-state index contributed by atoms with van der Waals surface area (Å²) in [6.45, 7) is 14.2. The smallest absolute Gasteiger partial charge is 0.236 e. The fourth-order valence-corrected chi connectivity index (χ4v) is 3.07. The molecule has 0 aromatic carbocycles. The molecule has 1 saturated heterocycles. The highest BCUT2D eigenvalue weighted by Crippen LogP contribution is 2.26. The van der Waals surface area contributed by atoms with Crippen LogP contribution in [0.15, 0.2) is 0 Å². The molecule has 0 aromatic heterocycles. The SMILES string of the molecule is CC(C)CN(C(=O)CN1CCCC1C(C)(C)O)C(C)C. The molecule has 4 heteroatoms. The molecule has 1 atom stereocenters. The predicted molar refractivity (Wildman–Crippen MR) is 82.6 cm³/mol. The quantitative estimate of drug-likeness (QED) is 0.812. The summed E-state index contributed by atoms with van der Waals surface area (Å²) < 4.78 is 0. The monoisotopic (exact) mass is 284 g/mol. The van der Waals surface area contributed by atoms with Gasteiger partial charge in [-0.3, -0.25) is 9.69 Å². The van der Waals surface area contributed by atoms with Crippen LogP contribution in [0.1, 0.15) is 54.4 Å². The first-order chi connectivity index (χ1) is 9.12. The zero-order valence-corrected chi connectivity index (χ0v) is 14.0. The maximum atomic E-state index is 12.6. The summed E-state index contributed by atoms with van der Waals surface area (Å²) in [4.78, 5) is 16.7. The van der Waals surface area contributed by atoms with E-state index in [4.69, 9.17) is 0 Å². The molecule has 1 amide bonds. The minimum absolute atomic E-state index is 0.0968. The normalized spacial score (nSPS) is 20.9. The van der Waals surface area contributed by atoms with Crippen molar-refractivity contribution in [2.45, 2.75) is 72.1 Å². The van der Waals surface area contributed by atoms with Crippen molar-refractivity contribution < 1.29 is 9.90 Å². The van der Waals surface area contributed by atoms with Gasteiger partial charge in [0.25, 0.3) is 0 Å². The largest absolute Gasteiger partial charge is 0.389 e. The second-order valence-corrected chi connectivity index (χ2v) is 7.32. The summed E-state index contributed by atoms with van der Waals surface area (Å²) in [5.74, 6) is 0.662. The molecule has 4 nitrogen and oxygen atoms in total. The van der Waals surface area contributed by atoms with Gasteiger partial charge in [-0.25, -0.2) is 0 Å². The fraction of sp³-hybridized carbons (Fsp3) is 0.938. The number of nitrogens with zero attached hydrogens (tertiary/aromatic N) is 2. The van der Waals surface area contributed by atoms with Gasteiger partial charge in [0, 0.05) is 18.6 Å². The van der Waals surface area contributed by atoms with Gasteiger partial charge in [-0.1, -0.05) is 13.8 Å². The zero-order chi connectivity index (χ0) is 15.5. The van der Waals surface area contributed by atoms with Crippen LogP contribution in [0.4, 0.5) is 0 Å². The summed E-state index contributed by atoms with van der Waals surface area (Å²) in [7, 11) is 0. The van der Waals surface area contributed by atoms with Crippen molar-refractivity contribution in [3.63, 3.8) is 0 Å². The Labute approximate surface area is 124 Å². The van der Waals surface area contributed by atoms with E-state index in [-0.39, 0.29) is 18.0 Å². The van der Waals surface area contributed by atoms with E-state index in [1.807, 2.05) is 18.7 Å². The van der Waals surface area contributed by atoms with Crippen molar-refractivity contribution in [3.05, 3.63) is 0 Å². The fourth-order valence-electron chi connectivity index (χ4n) is 3.07. The molecule has 1 N–H and O–H groups in total. The van der Waals surface area contributed by atoms with Gasteiger partial charge in [-0.15, -0.1) is 0 Å². The highest BCUT2D eigenvalue weighted by molar-refractivity contribution is 5.78. The Bertz CT molecular complexity index is 321. The van der Waals surface area contributed by atoms with E-state index < -0.39 is 5.60 Å². The third kappa shape index (κ3) is 4.74. The van der Waals surface area contributed by atoms with Gasteiger partial charge in [0.05, 0.1) is 12.1 Å². The van der Waals surface area contributed by atoms with Crippen molar-refractivity contribution in [1.29, 1.82) is 0 Å². The van der Waals surface area contributed by atoms with Crippen LogP contribution in [0, 0.1) is 5.92 Å². The molecule has 0 aliphatic carbocycles. The molecule has 0 bridgehead atoms. The molecule has 1 aliphatic rings. The van der Waals surface area contributed by atoms with Crippen LogP contribution >= 0.6 is 0 Å². The van der Waals surface area contributed by atoms with Gasteiger partial charge in [-0.05, 0) is 53.0 Å². The first-order valence-corrected chi connectivity index (χ1v) is 7.88. The van der Waals surface area contributed by atoms with Crippen LogP contribution < -0.4 is 0 Å². The minimum Gasteiger partial charge on any atom is -0.389 e. The number of hydrogen-bond donors (Lipinski definition) is 1. The molecule has 1 aliphatic heterocycles. The molecule has 0 aromatic rings. The Morgan fingerprint density at radius 1 is 1.35 bits per heavy atom. The van der Waals surface area contributed by atoms with Crippen molar-refractivity contribution in [2.24, 2.45) is 5.92 Å². The zero-order valence-electron chi connectivity index (χ0n) is 14.0. The molecular formula is C16H32N2O2. The summed E-state index contributed by atoms with van der Waals surface area (Å²) >= 11 is 0. The first-order valence-electron chi connectivity index (χ1n) is 7.88. The second kappa shape index (κ2) is 6.90. The standard InChI is InChI=1S/C16H32N2O2/c1-12(2)10-18(13(3)4)15(19)11-17-9-7-8-14(17)16(5,6)20/h12-14,20H,7-11H2,1-6H3. The van der Waals surface area contributed by atoms with E-state index in [0.717, 1.165) is 25.9 Å². The molecule has 1 rings (SSSR count).